The molecule has 0 N–H and O–H groups in total. The summed E-state index contributed by atoms with van der Waals surface area (Å²) in [6, 6.07) is 16.3. The Morgan fingerprint density at radius 3 is 2.60 bits per heavy atom. The van der Waals surface area contributed by atoms with Crippen LogP contribution in [-0.2, 0) is 0 Å². The van der Waals surface area contributed by atoms with Crippen molar-refractivity contribution in [3.05, 3.63) is 60.4 Å². The highest BCUT2D eigenvalue weighted by Gasteiger charge is 2.12. The maximum absolute atomic E-state index is 6.00. The number of unbranched alkanes of at least 4 members (excludes halogenated alkanes) is 1. The topological polar surface area (TPSA) is 38.2 Å². The van der Waals surface area contributed by atoms with E-state index in [0.717, 1.165) is 54.0 Å². The van der Waals surface area contributed by atoms with Crippen molar-refractivity contribution in [2.45, 2.75) is 26.7 Å². The highest BCUT2D eigenvalue weighted by Crippen LogP contribution is 2.23. The zero-order valence-electron chi connectivity index (χ0n) is 15.0. The van der Waals surface area contributed by atoms with E-state index < -0.39 is 0 Å². The van der Waals surface area contributed by atoms with E-state index in [1.165, 1.54) is 0 Å². The molecule has 3 aromatic rings. The van der Waals surface area contributed by atoms with Crippen LogP contribution in [0.5, 0.6) is 5.75 Å². The highest BCUT2D eigenvalue weighted by molar-refractivity contribution is 5.89. The largest absolute Gasteiger partial charge is 0.491 e. The molecule has 2 aromatic carbocycles. The molecule has 0 atom stereocenters. The molecule has 0 amide bonds. The maximum Gasteiger partial charge on any atom is 0.139 e. The van der Waals surface area contributed by atoms with Gasteiger partial charge in [0, 0.05) is 11.9 Å². The van der Waals surface area contributed by atoms with E-state index in [1.807, 2.05) is 36.4 Å². The van der Waals surface area contributed by atoms with Crippen molar-refractivity contribution in [3.63, 3.8) is 0 Å². The van der Waals surface area contributed by atoms with E-state index in [-0.39, 0.29) is 0 Å². The minimum absolute atomic E-state index is 0.632. The lowest BCUT2D eigenvalue weighted by molar-refractivity contribution is 0.321. The van der Waals surface area contributed by atoms with Gasteiger partial charge >= 0.3 is 0 Å². The molecule has 0 saturated carbocycles. The zero-order chi connectivity index (χ0) is 17.5. The van der Waals surface area contributed by atoms with Crippen LogP contribution in [-0.4, -0.2) is 29.7 Å². The average Bonchev–Trinajstić information content (AvgIpc) is 2.65. The SMILES string of the molecule is CCCCN(CCOc1ccccc1C)c1ncnc2ccccc12. The second-order valence-corrected chi connectivity index (χ2v) is 6.17. The van der Waals surface area contributed by atoms with Crippen LogP contribution in [0.2, 0.25) is 0 Å². The van der Waals surface area contributed by atoms with E-state index in [2.05, 4.69) is 40.8 Å². The van der Waals surface area contributed by atoms with Gasteiger partial charge in [0.2, 0.25) is 0 Å². The number of hydrogen-bond acceptors (Lipinski definition) is 4. The van der Waals surface area contributed by atoms with Crippen LogP contribution in [0.1, 0.15) is 25.3 Å². The molecule has 4 heteroatoms. The van der Waals surface area contributed by atoms with E-state index >= 15 is 0 Å². The molecule has 0 radical (unpaired) electrons. The lowest BCUT2D eigenvalue weighted by atomic mass is 10.2. The molecule has 0 unspecified atom stereocenters. The van der Waals surface area contributed by atoms with E-state index in [4.69, 9.17) is 4.74 Å². The summed E-state index contributed by atoms with van der Waals surface area (Å²) >= 11 is 0. The third-order valence-corrected chi connectivity index (χ3v) is 4.32. The van der Waals surface area contributed by atoms with Gasteiger partial charge in [0.1, 0.15) is 24.5 Å². The van der Waals surface area contributed by atoms with E-state index in [0.29, 0.717) is 6.61 Å². The first-order valence-corrected chi connectivity index (χ1v) is 8.92. The van der Waals surface area contributed by atoms with Gasteiger partial charge in [-0.2, -0.15) is 0 Å². The number of hydrogen-bond donors (Lipinski definition) is 0. The van der Waals surface area contributed by atoms with Crippen molar-refractivity contribution in [1.29, 1.82) is 0 Å². The number of fused-ring (bicyclic) bond motifs is 1. The number of aryl methyl sites for hydroxylation is 1. The summed E-state index contributed by atoms with van der Waals surface area (Å²) < 4.78 is 6.00. The van der Waals surface area contributed by atoms with Crippen LogP contribution in [0.3, 0.4) is 0 Å². The molecule has 0 fully saturated rings. The summed E-state index contributed by atoms with van der Waals surface area (Å²) in [5.41, 5.74) is 2.14. The van der Waals surface area contributed by atoms with Gasteiger partial charge in [0.05, 0.1) is 12.1 Å². The minimum atomic E-state index is 0.632. The minimum Gasteiger partial charge on any atom is -0.491 e. The molecule has 130 valence electrons. The molecule has 0 aliphatic carbocycles. The molecule has 0 bridgehead atoms. The van der Waals surface area contributed by atoms with Crippen LogP contribution in [0.25, 0.3) is 10.9 Å². The summed E-state index contributed by atoms with van der Waals surface area (Å²) in [4.78, 5) is 11.2. The van der Waals surface area contributed by atoms with Crippen molar-refractivity contribution >= 4 is 16.7 Å². The standard InChI is InChI=1S/C21H25N3O/c1-3-4-13-24(14-15-25-20-12-8-5-9-17(20)2)21-18-10-6-7-11-19(18)22-16-23-21/h5-12,16H,3-4,13-15H2,1-2H3. The Bertz CT molecular complexity index is 814. The predicted molar refractivity (Wildman–Crippen MR) is 103 cm³/mol. The number of ether oxygens (including phenoxy) is 1. The molecule has 3 rings (SSSR count). The fraction of sp³-hybridized carbons (Fsp3) is 0.333. The molecular formula is C21H25N3O. The Labute approximate surface area is 149 Å². The third kappa shape index (κ3) is 4.27. The van der Waals surface area contributed by atoms with Gasteiger partial charge in [-0.15, -0.1) is 0 Å². The zero-order valence-corrected chi connectivity index (χ0v) is 15.0. The Morgan fingerprint density at radius 1 is 0.960 bits per heavy atom. The highest BCUT2D eigenvalue weighted by atomic mass is 16.5. The number of para-hydroxylation sites is 2. The summed E-state index contributed by atoms with van der Waals surface area (Å²) in [5, 5.41) is 1.09. The quantitative estimate of drug-likeness (QED) is 0.602. The first-order chi connectivity index (χ1) is 12.3. The Balaban J connectivity index is 1.76. The van der Waals surface area contributed by atoms with Crippen LogP contribution in [0.15, 0.2) is 54.9 Å². The fourth-order valence-electron chi connectivity index (χ4n) is 2.90. The second-order valence-electron chi connectivity index (χ2n) is 6.17. The Morgan fingerprint density at radius 2 is 1.76 bits per heavy atom. The average molecular weight is 335 g/mol. The number of aromatic nitrogens is 2. The smallest absolute Gasteiger partial charge is 0.139 e. The van der Waals surface area contributed by atoms with Crippen molar-refractivity contribution in [2.75, 3.05) is 24.6 Å². The number of nitrogens with zero attached hydrogens (tertiary/aromatic N) is 3. The fourth-order valence-corrected chi connectivity index (χ4v) is 2.90. The van der Waals surface area contributed by atoms with Crippen molar-refractivity contribution in [2.24, 2.45) is 0 Å². The molecule has 1 aromatic heterocycles. The van der Waals surface area contributed by atoms with Crippen molar-refractivity contribution < 1.29 is 4.74 Å². The molecule has 4 nitrogen and oxygen atoms in total. The molecular weight excluding hydrogens is 310 g/mol. The number of rotatable bonds is 8. The van der Waals surface area contributed by atoms with Crippen molar-refractivity contribution in [1.82, 2.24) is 9.97 Å². The second kappa shape index (κ2) is 8.47. The number of anilines is 1. The van der Waals surface area contributed by atoms with Gasteiger partial charge in [-0.3, -0.25) is 0 Å². The maximum atomic E-state index is 6.00. The summed E-state index contributed by atoms with van der Waals surface area (Å²) in [7, 11) is 0. The first kappa shape index (κ1) is 17.2. The molecule has 1 heterocycles. The van der Waals surface area contributed by atoms with Gasteiger partial charge in [-0.05, 0) is 37.1 Å². The van der Waals surface area contributed by atoms with E-state index in [1.54, 1.807) is 6.33 Å². The van der Waals surface area contributed by atoms with Gasteiger partial charge in [-0.1, -0.05) is 43.7 Å². The van der Waals surface area contributed by atoms with Crippen LogP contribution < -0.4 is 9.64 Å². The lowest BCUT2D eigenvalue weighted by Gasteiger charge is -2.25. The molecule has 25 heavy (non-hydrogen) atoms. The summed E-state index contributed by atoms with van der Waals surface area (Å²) in [5.74, 6) is 1.94. The summed E-state index contributed by atoms with van der Waals surface area (Å²) in [6.07, 6.45) is 3.93. The van der Waals surface area contributed by atoms with Gasteiger partial charge < -0.3 is 9.64 Å². The van der Waals surface area contributed by atoms with E-state index in [9.17, 15) is 0 Å². The molecule has 0 spiro atoms. The Hall–Kier alpha value is -2.62. The van der Waals surface area contributed by atoms with Crippen LogP contribution in [0, 0.1) is 6.92 Å². The van der Waals surface area contributed by atoms with Gasteiger partial charge in [-0.25, -0.2) is 9.97 Å². The molecule has 0 saturated heterocycles. The molecule has 0 aliphatic rings. The normalized spacial score (nSPS) is 10.8. The lowest BCUT2D eigenvalue weighted by Crippen LogP contribution is -2.30. The summed E-state index contributed by atoms with van der Waals surface area (Å²) in [6.45, 7) is 6.68. The van der Waals surface area contributed by atoms with Crippen LogP contribution in [0.4, 0.5) is 5.82 Å². The monoisotopic (exact) mass is 335 g/mol. The Kier molecular flexibility index (Phi) is 5.83. The predicted octanol–water partition coefficient (Wildman–Crippen LogP) is 4.62. The third-order valence-electron chi connectivity index (χ3n) is 4.32. The van der Waals surface area contributed by atoms with Crippen LogP contribution >= 0.6 is 0 Å². The molecule has 0 aliphatic heterocycles. The number of benzene rings is 2. The first-order valence-electron chi connectivity index (χ1n) is 8.92. The van der Waals surface area contributed by atoms with Gasteiger partial charge in [0.25, 0.3) is 0 Å². The van der Waals surface area contributed by atoms with Crippen molar-refractivity contribution in [3.8, 4) is 5.75 Å². The van der Waals surface area contributed by atoms with Gasteiger partial charge in [0.15, 0.2) is 0 Å².